The molecule has 0 bridgehead atoms. The third-order valence-corrected chi connectivity index (χ3v) is 4.41. The van der Waals surface area contributed by atoms with Crippen LogP contribution in [0.4, 0.5) is 0 Å². The van der Waals surface area contributed by atoms with Crippen LogP contribution in [0.5, 0.6) is 0 Å². The van der Waals surface area contributed by atoms with Crippen molar-refractivity contribution in [3.63, 3.8) is 0 Å². The average molecular weight is 263 g/mol. The Kier molecular flexibility index (Phi) is 5.03. The Morgan fingerprint density at radius 3 is 2.63 bits per heavy atom. The van der Waals surface area contributed by atoms with Crippen LogP contribution in [0, 0.1) is 5.41 Å². The molecule has 108 valence electrons. The molecule has 19 heavy (non-hydrogen) atoms. The lowest BCUT2D eigenvalue weighted by atomic mass is 9.71. The molecule has 0 aromatic carbocycles. The van der Waals surface area contributed by atoms with Gasteiger partial charge in [0.25, 0.3) is 0 Å². The van der Waals surface area contributed by atoms with E-state index in [1.54, 1.807) is 0 Å². The molecule has 1 aromatic heterocycles. The zero-order valence-corrected chi connectivity index (χ0v) is 12.8. The van der Waals surface area contributed by atoms with Gasteiger partial charge in [0.2, 0.25) is 0 Å². The first-order chi connectivity index (χ1) is 9.15. The van der Waals surface area contributed by atoms with E-state index in [-0.39, 0.29) is 0 Å². The van der Waals surface area contributed by atoms with Crippen LogP contribution in [0.2, 0.25) is 0 Å². The van der Waals surface area contributed by atoms with Crippen molar-refractivity contribution in [2.45, 2.75) is 65.3 Å². The molecule has 1 aliphatic rings. The Labute approximate surface area is 117 Å². The van der Waals surface area contributed by atoms with Crippen molar-refractivity contribution in [2.24, 2.45) is 5.41 Å². The van der Waals surface area contributed by atoms with E-state index in [4.69, 9.17) is 5.10 Å². The fourth-order valence-corrected chi connectivity index (χ4v) is 3.25. The molecule has 0 saturated heterocycles. The quantitative estimate of drug-likeness (QED) is 0.850. The maximum Gasteiger partial charge on any atom is 0.0630 e. The van der Waals surface area contributed by atoms with Crippen LogP contribution < -0.4 is 5.32 Å². The third-order valence-electron chi connectivity index (χ3n) is 4.41. The number of rotatable bonds is 6. The summed E-state index contributed by atoms with van der Waals surface area (Å²) in [5, 5.41) is 8.32. The van der Waals surface area contributed by atoms with Gasteiger partial charge in [-0.1, -0.05) is 26.2 Å². The van der Waals surface area contributed by atoms with Crippen LogP contribution in [-0.2, 0) is 6.42 Å². The van der Waals surface area contributed by atoms with E-state index in [1.807, 2.05) is 0 Å². The molecule has 0 amide bonds. The first-order valence-electron chi connectivity index (χ1n) is 7.90. The summed E-state index contributed by atoms with van der Waals surface area (Å²) in [5.41, 5.74) is 1.72. The summed E-state index contributed by atoms with van der Waals surface area (Å²) in [4.78, 5) is 0. The average Bonchev–Trinajstić information content (AvgIpc) is 2.86. The van der Waals surface area contributed by atoms with E-state index >= 15 is 0 Å². The smallest absolute Gasteiger partial charge is 0.0630 e. The molecule has 1 fully saturated rings. The van der Waals surface area contributed by atoms with Crippen LogP contribution >= 0.6 is 0 Å². The maximum atomic E-state index is 4.75. The fourth-order valence-electron chi connectivity index (χ4n) is 3.25. The lowest BCUT2D eigenvalue weighted by molar-refractivity contribution is 0.180. The summed E-state index contributed by atoms with van der Waals surface area (Å²) >= 11 is 0. The second kappa shape index (κ2) is 6.56. The normalized spacial score (nSPS) is 18.9. The second-order valence-electron chi connectivity index (χ2n) is 6.40. The summed E-state index contributed by atoms with van der Waals surface area (Å²) in [6, 6.07) is 2.67. The molecular weight excluding hydrogens is 234 g/mol. The highest BCUT2D eigenvalue weighted by Crippen LogP contribution is 2.38. The van der Waals surface area contributed by atoms with Gasteiger partial charge in [-0.15, -0.1) is 0 Å². The monoisotopic (exact) mass is 263 g/mol. The van der Waals surface area contributed by atoms with Crippen LogP contribution in [0.3, 0.4) is 0 Å². The predicted octanol–water partition coefficient (Wildman–Crippen LogP) is 3.57. The van der Waals surface area contributed by atoms with Crippen LogP contribution in [0.1, 0.15) is 64.6 Å². The zero-order valence-electron chi connectivity index (χ0n) is 12.8. The van der Waals surface area contributed by atoms with E-state index in [0.717, 1.165) is 19.5 Å². The topological polar surface area (TPSA) is 29.9 Å². The number of hydrogen-bond acceptors (Lipinski definition) is 2. The standard InChI is InChI=1S/C16H29N3/c1-4-17-13-16(9-6-5-7-10-16)12-15-8-11-19(18-15)14(2)3/h8,11,14,17H,4-7,9-10,12-13H2,1-3H3. The molecule has 0 radical (unpaired) electrons. The zero-order chi connectivity index (χ0) is 13.7. The highest BCUT2D eigenvalue weighted by atomic mass is 15.3. The molecule has 1 aromatic rings. The summed E-state index contributed by atoms with van der Waals surface area (Å²) in [6.45, 7) is 8.79. The molecule has 1 saturated carbocycles. The van der Waals surface area contributed by atoms with Crippen LogP contribution in [-0.4, -0.2) is 22.9 Å². The third kappa shape index (κ3) is 3.82. The molecule has 0 spiro atoms. The molecular formula is C16H29N3. The van der Waals surface area contributed by atoms with Gasteiger partial charge in [0, 0.05) is 18.8 Å². The summed E-state index contributed by atoms with van der Waals surface area (Å²) < 4.78 is 2.08. The van der Waals surface area contributed by atoms with Crippen molar-refractivity contribution in [3.8, 4) is 0 Å². The molecule has 1 aliphatic carbocycles. The van der Waals surface area contributed by atoms with Gasteiger partial charge in [-0.3, -0.25) is 4.68 Å². The maximum absolute atomic E-state index is 4.75. The minimum absolute atomic E-state index is 0.449. The van der Waals surface area contributed by atoms with Crippen molar-refractivity contribution >= 4 is 0 Å². The van der Waals surface area contributed by atoms with E-state index in [1.165, 1.54) is 37.8 Å². The Morgan fingerprint density at radius 1 is 1.32 bits per heavy atom. The Morgan fingerprint density at radius 2 is 2.05 bits per heavy atom. The summed E-state index contributed by atoms with van der Waals surface area (Å²) in [7, 11) is 0. The number of hydrogen-bond donors (Lipinski definition) is 1. The van der Waals surface area contributed by atoms with Gasteiger partial charge in [0.15, 0.2) is 0 Å². The van der Waals surface area contributed by atoms with Crippen molar-refractivity contribution in [1.82, 2.24) is 15.1 Å². The van der Waals surface area contributed by atoms with E-state index in [9.17, 15) is 0 Å². The lowest BCUT2D eigenvalue weighted by Gasteiger charge is -2.37. The minimum atomic E-state index is 0.449. The Hall–Kier alpha value is -0.830. The summed E-state index contributed by atoms with van der Waals surface area (Å²) in [6.07, 6.45) is 10.2. The van der Waals surface area contributed by atoms with E-state index in [0.29, 0.717) is 11.5 Å². The van der Waals surface area contributed by atoms with Gasteiger partial charge < -0.3 is 5.32 Å². The van der Waals surface area contributed by atoms with Crippen LogP contribution in [0.15, 0.2) is 12.3 Å². The van der Waals surface area contributed by atoms with Crippen LogP contribution in [0.25, 0.3) is 0 Å². The number of nitrogens with zero attached hydrogens (tertiary/aromatic N) is 2. The molecule has 3 nitrogen and oxygen atoms in total. The van der Waals surface area contributed by atoms with E-state index < -0.39 is 0 Å². The highest BCUT2D eigenvalue weighted by molar-refractivity contribution is 5.05. The Bertz CT molecular complexity index is 375. The van der Waals surface area contributed by atoms with E-state index in [2.05, 4.69) is 43.0 Å². The SMILES string of the molecule is CCNCC1(Cc2ccn(C(C)C)n2)CCCCC1. The lowest BCUT2D eigenvalue weighted by Crippen LogP contribution is -2.38. The van der Waals surface area contributed by atoms with Gasteiger partial charge in [-0.05, 0) is 51.1 Å². The van der Waals surface area contributed by atoms with Gasteiger partial charge in [-0.2, -0.15) is 5.10 Å². The molecule has 1 N–H and O–H groups in total. The van der Waals surface area contributed by atoms with Gasteiger partial charge in [0.1, 0.15) is 0 Å². The molecule has 0 unspecified atom stereocenters. The fraction of sp³-hybridized carbons (Fsp3) is 0.812. The first-order valence-corrected chi connectivity index (χ1v) is 7.90. The van der Waals surface area contributed by atoms with Crippen molar-refractivity contribution in [2.75, 3.05) is 13.1 Å². The van der Waals surface area contributed by atoms with Gasteiger partial charge >= 0.3 is 0 Å². The van der Waals surface area contributed by atoms with Gasteiger partial charge in [0.05, 0.1) is 5.69 Å². The van der Waals surface area contributed by atoms with Gasteiger partial charge in [-0.25, -0.2) is 0 Å². The highest BCUT2D eigenvalue weighted by Gasteiger charge is 2.32. The van der Waals surface area contributed by atoms with Crippen molar-refractivity contribution < 1.29 is 0 Å². The second-order valence-corrected chi connectivity index (χ2v) is 6.40. The first kappa shape index (κ1) is 14.6. The minimum Gasteiger partial charge on any atom is -0.316 e. The largest absolute Gasteiger partial charge is 0.316 e. The molecule has 1 heterocycles. The molecule has 3 heteroatoms. The Balaban J connectivity index is 2.05. The molecule has 0 atom stereocenters. The predicted molar refractivity (Wildman–Crippen MR) is 80.4 cm³/mol. The van der Waals surface area contributed by atoms with Crippen molar-refractivity contribution in [3.05, 3.63) is 18.0 Å². The number of aromatic nitrogens is 2. The number of nitrogens with one attached hydrogen (secondary N) is 1. The molecule has 2 rings (SSSR count). The molecule has 0 aliphatic heterocycles. The summed E-state index contributed by atoms with van der Waals surface area (Å²) in [5.74, 6) is 0. The van der Waals surface area contributed by atoms with Crippen molar-refractivity contribution in [1.29, 1.82) is 0 Å².